The standard InChI is InChI=1S/C16H13BrFNO2/c17-12-10-11(6-7-13(12)18)16(20)19-8-3-9-21-15-5-2-1-4-14(15)19/h1-2,4-7,10H,3,8-9H2. The Balaban J connectivity index is 1.99. The van der Waals surface area contributed by atoms with Crippen molar-refractivity contribution in [1.29, 1.82) is 0 Å². The van der Waals surface area contributed by atoms with E-state index in [1.807, 2.05) is 24.3 Å². The van der Waals surface area contributed by atoms with E-state index in [9.17, 15) is 9.18 Å². The number of rotatable bonds is 1. The van der Waals surface area contributed by atoms with Gasteiger partial charge in [0.05, 0.1) is 16.8 Å². The number of nitrogens with zero attached hydrogens (tertiary/aromatic N) is 1. The number of hydrogen-bond donors (Lipinski definition) is 0. The maximum atomic E-state index is 13.3. The molecule has 2 aromatic rings. The Bertz CT molecular complexity index is 690. The zero-order valence-corrected chi connectivity index (χ0v) is 12.8. The maximum absolute atomic E-state index is 13.3. The molecule has 0 saturated carbocycles. The molecule has 3 nitrogen and oxygen atoms in total. The van der Waals surface area contributed by atoms with Gasteiger partial charge in [0.2, 0.25) is 0 Å². The number of halogens is 2. The summed E-state index contributed by atoms with van der Waals surface area (Å²) in [5.41, 5.74) is 1.19. The second-order valence-electron chi connectivity index (χ2n) is 4.76. The fourth-order valence-electron chi connectivity index (χ4n) is 2.32. The molecule has 0 bridgehead atoms. The van der Waals surface area contributed by atoms with Crippen molar-refractivity contribution in [1.82, 2.24) is 0 Å². The van der Waals surface area contributed by atoms with Crippen LogP contribution in [-0.4, -0.2) is 19.1 Å². The van der Waals surface area contributed by atoms with Crippen LogP contribution in [0.25, 0.3) is 0 Å². The summed E-state index contributed by atoms with van der Waals surface area (Å²) in [7, 11) is 0. The Morgan fingerprint density at radius 3 is 2.86 bits per heavy atom. The smallest absolute Gasteiger partial charge is 0.258 e. The highest BCUT2D eigenvalue weighted by molar-refractivity contribution is 9.10. The maximum Gasteiger partial charge on any atom is 0.258 e. The molecule has 5 heteroatoms. The van der Waals surface area contributed by atoms with E-state index in [0.29, 0.717) is 24.5 Å². The van der Waals surface area contributed by atoms with Crippen LogP contribution >= 0.6 is 15.9 Å². The van der Waals surface area contributed by atoms with E-state index in [-0.39, 0.29) is 16.2 Å². The zero-order valence-electron chi connectivity index (χ0n) is 11.2. The van der Waals surface area contributed by atoms with Crippen LogP contribution in [0.1, 0.15) is 16.8 Å². The summed E-state index contributed by atoms with van der Waals surface area (Å²) >= 11 is 3.12. The van der Waals surface area contributed by atoms with Gasteiger partial charge in [-0.25, -0.2) is 4.39 Å². The molecule has 0 unspecified atom stereocenters. The summed E-state index contributed by atoms with van der Waals surface area (Å²) < 4.78 is 19.2. The number of carbonyl (C=O) groups is 1. The van der Waals surface area contributed by atoms with Gasteiger partial charge >= 0.3 is 0 Å². The molecule has 108 valence electrons. The summed E-state index contributed by atoms with van der Waals surface area (Å²) in [6.07, 6.45) is 0.753. The Kier molecular flexibility index (Phi) is 3.92. The van der Waals surface area contributed by atoms with E-state index in [4.69, 9.17) is 4.74 Å². The number of amides is 1. The van der Waals surface area contributed by atoms with Gasteiger partial charge in [-0.05, 0) is 52.7 Å². The van der Waals surface area contributed by atoms with Crippen LogP contribution in [0.2, 0.25) is 0 Å². The molecule has 1 aliphatic rings. The average molecular weight is 350 g/mol. The minimum atomic E-state index is -0.383. The molecule has 3 rings (SSSR count). The van der Waals surface area contributed by atoms with Crippen LogP contribution in [0, 0.1) is 5.82 Å². The van der Waals surface area contributed by atoms with Crippen LogP contribution in [0.5, 0.6) is 5.75 Å². The summed E-state index contributed by atoms with van der Waals surface area (Å²) in [5.74, 6) is 0.157. The third-order valence-corrected chi connectivity index (χ3v) is 3.96. The van der Waals surface area contributed by atoms with Gasteiger partial charge in [-0.3, -0.25) is 4.79 Å². The van der Waals surface area contributed by atoms with Crippen LogP contribution < -0.4 is 9.64 Å². The van der Waals surface area contributed by atoms with E-state index in [1.165, 1.54) is 18.2 Å². The van der Waals surface area contributed by atoms with Crippen molar-refractivity contribution >= 4 is 27.5 Å². The van der Waals surface area contributed by atoms with E-state index >= 15 is 0 Å². The SMILES string of the molecule is O=C(c1ccc(F)c(Br)c1)N1CCCOc2ccccc21. The molecule has 21 heavy (non-hydrogen) atoms. The summed E-state index contributed by atoms with van der Waals surface area (Å²) in [4.78, 5) is 14.4. The van der Waals surface area contributed by atoms with Gasteiger partial charge < -0.3 is 9.64 Å². The molecule has 0 fully saturated rings. The van der Waals surface area contributed by atoms with Crippen molar-refractivity contribution in [2.24, 2.45) is 0 Å². The molecule has 1 heterocycles. The van der Waals surface area contributed by atoms with E-state index in [2.05, 4.69) is 15.9 Å². The first kappa shape index (κ1) is 14.1. The van der Waals surface area contributed by atoms with E-state index in [1.54, 1.807) is 4.90 Å². The van der Waals surface area contributed by atoms with E-state index in [0.717, 1.165) is 12.1 Å². The Labute approximate surface area is 130 Å². The Hall–Kier alpha value is -1.88. The van der Waals surface area contributed by atoms with Crippen LogP contribution in [0.3, 0.4) is 0 Å². The first-order valence-electron chi connectivity index (χ1n) is 6.65. The van der Waals surface area contributed by atoms with Crippen LogP contribution in [0.4, 0.5) is 10.1 Å². The summed E-state index contributed by atoms with van der Waals surface area (Å²) in [6, 6.07) is 11.7. The largest absolute Gasteiger partial charge is 0.491 e. The lowest BCUT2D eigenvalue weighted by molar-refractivity contribution is 0.0987. The number of ether oxygens (including phenoxy) is 1. The number of benzene rings is 2. The predicted molar refractivity (Wildman–Crippen MR) is 82.3 cm³/mol. The topological polar surface area (TPSA) is 29.5 Å². The number of anilines is 1. The zero-order chi connectivity index (χ0) is 14.8. The quantitative estimate of drug-likeness (QED) is 0.778. The van der Waals surface area contributed by atoms with Gasteiger partial charge in [-0.15, -0.1) is 0 Å². The van der Waals surface area contributed by atoms with Gasteiger partial charge in [-0.1, -0.05) is 12.1 Å². The second kappa shape index (κ2) is 5.85. The first-order chi connectivity index (χ1) is 10.2. The van der Waals surface area contributed by atoms with Crippen LogP contribution in [-0.2, 0) is 0 Å². The highest BCUT2D eigenvalue weighted by atomic mass is 79.9. The summed E-state index contributed by atoms with van der Waals surface area (Å²) in [6.45, 7) is 1.15. The number of fused-ring (bicyclic) bond motifs is 1. The third-order valence-electron chi connectivity index (χ3n) is 3.35. The van der Waals surface area contributed by atoms with Crippen molar-refractivity contribution in [2.75, 3.05) is 18.1 Å². The molecule has 0 spiro atoms. The van der Waals surface area contributed by atoms with Gasteiger partial charge in [0.15, 0.2) is 0 Å². The number of para-hydroxylation sites is 2. The Morgan fingerprint density at radius 2 is 2.05 bits per heavy atom. The van der Waals surface area contributed by atoms with Gasteiger partial charge in [0.1, 0.15) is 11.6 Å². The highest BCUT2D eigenvalue weighted by Gasteiger charge is 2.23. The molecule has 1 aliphatic heterocycles. The molecular weight excluding hydrogens is 337 g/mol. The molecule has 2 aromatic carbocycles. The molecular formula is C16H13BrFNO2. The van der Waals surface area contributed by atoms with Gasteiger partial charge in [0.25, 0.3) is 5.91 Å². The molecule has 0 saturated heterocycles. The second-order valence-corrected chi connectivity index (χ2v) is 5.61. The lowest BCUT2D eigenvalue weighted by atomic mass is 10.1. The number of carbonyl (C=O) groups excluding carboxylic acids is 1. The minimum absolute atomic E-state index is 0.159. The monoisotopic (exact) mass is 349 g/mol. The van der Waals surface area contributed by atoms with Crippen molar-refractivity contribution in [3.63, 3.8) is 0 Å². The molecule has 1 amide bonds. The molecule has 0 aromatic heterocycles. The van der Waals surface area contributed by atoms with Crippen molar-refractivity contribution in [3.05, 3.63) is 58.3 Å². The lowest BCUT2D eigenvalue weighted by Gasteiger charge is -2.21. The Morgan fingerprint density at radius 1 is 1.24 bits per heavy atom. The molecule has 0 N–H and O–H groups in total. The highest BCUT2D eigenvalue weighted by Crippen LogP contribution is 2.31. The van der Waals surface area contributed by atoms with Crippen molar-refractivity contribution in [2.45, 2.75) is 6.42 Å². The minimum Gasteiger partial charge on any atom is -0.491 e. The first-order valence-corrected chi connectivity index (χ1v) is 7.45. The van der Waals surface area contributed by atoms with E-state index < -0.39 is 0 Å². The van der Waals surface area contributed by atoms with Crippen LogP contribution in [0.15, 0.2) is 46.9 Å². The lowest BCUT2D eigenvalue weighted by Crippen LogP contribution is -2.31. The molecule has 0 atom stereocenters. The molecule has 0 aliphatic carbocycles. The fraction of sp³-hybridized carbons (Fsp3) is 0.188. The van der Waals surface area contributed by atoms with Gasteiger partial charge in [0, 0.05) is 12.1 Å². The average Bonchev–Trinajstić information content (AvgIpc) is 2.71. The molecule has 0 radical (unpaired) electrons. The fourth-order valence-corrected chi connectivity index (χ4v) is 2.70. The summed E-state index contributed by atoms with van der Waals surface area (Å²) in [5, 5.41) is 0. The normalized spacial score (nSPS) is 14.1. The van der Waals surface area contributed by atoms with Gasteiger partial charge in [-0.2, -0.15) is 0 Å². The number of hydrogen-bond acceptors (Lipinski definition) is 2. The third kappa shape index (κ3) is 2.78. The van der Waals surface area contributed by atoms with Crippen molar-refractivity contribution < 1.29 is 13.9 Å². The van der Waals surface area contributed by atoms with Crippen molar-refractivity contribution in [3.8, 4) is 5.75 Å². The predicted octanol–water partition coefficient (Wildman–Crippen LogP) is 4.02.